The van der Waals surface area contributed by atoms with Gasteiger partial charge in [-0.1, -0.05) is 24.9 Å². The molecule has 0 amide bonds. The monoisotopic (exact) mass is 298 g/mol. The fourth-order valence-corrected chi connectivity index (χ4v) is 2.91. The predicted octanol–water partition coefficient (Wildman–Crippen LogP) is 1.89. The van der Waals surface area contributed by atoms with Crippen molar-refractivity contribution in [2.75, 3.05) is 24.5 Å². The lowest BCUT2D eigenvalue weighted by molar-refractivity contribution is 0.540. The Morgan fingerprint density at radius 3 is 2.95 bits per heavy atom. The minimum absolute atomic E-state index is 0.179. The summed E-state index contributed by atoms with van der Waals surface area (Å²) >= 11 is 6.29. The number of aryl methyl sites for hydroxylation is 1. The molecule has 2 rings (SSSR count). The highest BCUT2D eigenvalue weighted by atomic mass is 35.5. The van der Waals surface area contributed by atoms with E-state index in [9.17, 15) is 4.79 Å². The summed E-state index contributed by atoms with van der Waals surface area (Å²) in [6.45, 7) is 7.58. The standard InChI is InChI=1S/C14H23ClN4O/c1-3-5-8-19-14(20)13(15)12(10-17-19)18(4-2)11-6-7-16-9-11/h10-11,16H,3-9H2,1-2H3. The van der Waals surface area contributed by atoms with Crippen LogP contribution in [-0.2, 0) is 6.54 Å². The Bertz CT molecular complexity index is 496. The Hall–Kier alpha value is -1.07. The first kappa shape index (κ1) is 15.3. The fraction of sp³-hybridized carbons (Fsp3) is 0.714. The number of nitrogens with one attached hydrogen (secondary N) is 1. The van der Waals surface area contributed by atoms with Gasteiger partial charge in [-0.05, 0) is 26.3 Å². The second-order valence-corrected chi connectivity index (χ2v) is 5.54. The summed E-state index contributed by atoms with van der Waals surface area (Å²) in [5.41, 5.74) is 0.586. The molecular weight excluding hydrogens is 276 g/mol. The summed E-state index contributed by atoms with van der Waals surface area (Å²) in [6.07, 6.45) is 4.78. The van der Waals surface area contributed by atoms with Gasteiger partial charge in [-0.25, -0.2) is 4.68 Å². The molecule has 2 heterocycles. The molecule has 0 bridgehead atoms. The maximum atomic E-state index is 12.3. The van der Waals surface area contributed by atoms with Gasteiger partial charge in [0.25, 0.3) is 5.56 Å². The first-order valence-corrected chi connectivity index (χ1v) is 7.79. The van der Waals surface area contributed by atoms with E-state index in [0.717, 1.165) is 44.6 Å². The predicted molar refractivity (Wildman–Crippen MR) is 82.7 cm³/mol. The molecule has 6 heteroatoms. The molecule has 0 aliphatic carbocycles. The molecule has 1 N–H and O–H groups in total. The van der Waals surface area contributed by atoms with Crippen LogP contribution in [0.4, 0.5) is 5.69 Å². The minimum Gasteiger partial charge on any atom is -0.365 e. The minimum atomic E-state index is -0.179. The first-order valence-electron chi connectivity index (χ1n) is 7.42. The van der Waals surface area contributed by atoms with Crippen molar-refractivity contribution in [3.63, 3.8) is 0 Å². The Morgan fingerprint density at radius 1 is 1.55 bits per heavy atom. The van der Waals surface area contributed by atoms with Crippen LogP contribution in [0.2, 0.25) is 5.02 Å². The van der Waals surface area contributed by atoms with Gasteiger partial charge in [0.1, 0.15) is 5.02 Å². The molecule has 0 saturated carbocycles. The van der Waals surface area contributed by atoms with Gasteiger partial charge in [0.2, 0.25) is 0 Å². The Labute approximate surface area is 124 Å². The number of rotatable bonds is 6. The van der Waals surface area contributed by atoms with Crippen molar-refractivity contribution < 1.29 is 0 Å². The number of nitrogens with zero attached hydrogens (tertiary/aromatic N) is 3. The van der Waals surface area contributed by atoms with E-state index in [1.165, 1.54) is 4.68 Å². The molecule has 1 aliphatic heterocycles. The first-order chi connectivity index (χ1) is 9.69. The molecule has 20 heavy (non-hydrogen) atoms. The van der Waals surface area contributed by atoms with E-state index in [1.54, 1.807) is 6.20 Å². The van der Waals surface area contributed by atoms with E-state index in [1.807, 2.05) is 0 Å². The van der Waals surface area contributed by atoms with Crippen molar-refractivity contribution in [2.45, 2.75) is 45.7 Å². The molecule has 5 nitrogen and oxygen atoms in total. The zero-order valence-electron chi connectivity index (χ0n) is 12.2. The molecule has 1 aromatic rings. The summed E-state index contributed by atoms with van der Waals surface area (Å²) in [4.78, 5) is 14.4. The average molecular weight is 299 g/mol. The van der Waals surface area contributed by atoms with Gasteiger partial charge in [0.15, 0.2) is 0 Å². The normalized spacial score (nSPS) is 18.4. The second-order valence-electron chi connectivity index (χ2n) is 5.16. The largest absolute Gasteiger partial charge is 0.365 e. The third-order valence-corrected chi connectivity index (χ3v) is 4.17. The van der Waals surface area contributed by atoms with Gasteiger partial charge in [-0.2, -0.15) is 5.10 Å². The summed E-state index contributed by atoms with van der Waals surface area (Å²) in [5, 5.41) is 7.91. The van der Waals surface area contributed by atoms with Crippen molar-refractivity contribution in [3.8, 4) is 0 Å². The number of likely N-dealkylation sites (N-methyl/N-ethyl adjacent to an activating group) is 1. The van der Waals surface area contributed by atoms with Gasteiger partial charge in [0, 0.05) is 25.7 Å². The molecule has 1 aromatic heterocycles. The number of anilines is 1. The van der Waals surface area contributed by atoms with Crippen molar-refractivity contribution in [2.24, 2.45) is 0 Å². The molecule has 1 aliphatic rings. The van der Waals surface area contributed by atoms with E-state index in [0.29, 0.717) is 17.6 Å². The second kappa shape index (κ2) is 7.09. The van der Waals surface area contributed by atoms with Crippen LogP contribution >= 0.6 is 11.6 Å². The van der Waals surface area contributed by atoms with Crippen molar-refractivity contribution >= 4 is 17.3 Å². The van der Waals surface area contributed by atoms with Crippen LogP contribution in [0, 0.1) is 0 Å². The maximum Gasteiger partial charge on any atom is 0.287 e. The van der Waals surface area contributed by atoms with Crippen molar-refractivity contribution in [3.05, 3.63) is 21.6 Å². The quantitative estimate of drug-likeness (QED) is 0.871. The van der Waals surface area contributed by atoms with Crippen LogP contribution in [-0.4, -0.2) is 35.5 Å². The van der Waals surface area contributed by atoms with Crippen LogP contribution in [0.1, 0.15) is 33.1 Å². The SMILES string of the molecule is CCCCn1ncc(N(CC)C2CCNC2)c(Cl)c1=O. The highest BCUT2D eigenvalue weighted by Gasteiger charge is 2.24. The zero-order valence-corrected chi connectivity index (χ0v) is 13.0. The lowest BCUT2D eigenvalue weighted by Gasteiger charge is -2.29. The molecule has 112 valence electrons. The molecule has 1 unspecified atom stereocenters. The molecule has 1 saturated heterocycles. The summed E-state index contributed by atoms with van der Waals surface area (Å²) < 4.78 is 1.47. The van der Waals surface area contributed by atoms with E-state index in [-0.39, 0.29) is 5.56 Å². The van der Waals surface area contributed by atoms with Crippen LogP contribution in [0.15, 0.2) is 11.0 Å². The Morgan fingerprint density at radius 2 is 2.35 bits per heavy atom. The van der Waals surface area contributed by atoms with Gasteiger partial charge < -0.3 is 10.2 Å². The van der Waals surface area contributed by atoms with E-state index in [2.05, 4.69) is 29.2 Å². The number of unbranched alkanes of at least 4 members (excludes halogenated alkanes) is 1. The lowest BCUT2D eigenvalue weighted by atomic mass is 10.2. The molecular formula is C14H23ClN4O. The summed E-state index contributed by atoms with van der Waals surface area (Å²) in [6, 6.07) is 0.394. The molecule has 0 spiro atoms. The van der Waals surface area contributed by atoms with Crippen LogP contribution in [0.3, 0.4) is 0 Å². The fourth-order valence-electron chi connectivity index (χ4n) is 2.65. The van der Waals surface area contributed by atoms with E-state index >= 15 is 0 Å². The number of hydrogen-bond acceptors (Lipinski definition) is 4. The summed E-state index contributed by atoms with van der Waals surface area (Å²) in [5.74, 6) is 0. The summed E-state index contributed by atoms with van der Waals surface area (Å²) in [7, 11) is 0. The van der Waals surface area contributed by atoms with Crippen molar-refractivity contribution in [1.29, 1.82) is 0 Å². The number of halogens is 1. The van der Waals surface area contributed by atoms with Gasteiger partial charge >= 0.3 is 0 Å². The zero-order chi connectivity index (χ0) is 14.5. The number of hydrogen-bond donors (Lipinski definition) is 1. The third-order valence-electron chi connectivity index (χ3n) is 3.82. The van der Waals surface area contributed by atoms with E-state index < -0.39 is 0 Å². The highest BCUT2D eigenvalue weighted by Crippen LogP contribution is 2.24. The average Bonchev–Trinajstić information content (AvgIpc) is 2.97. The van der Waals surface area contributed by atoms with Gasteiger partial charge in [-0.15, -0.1) is 0 Å². The topological polar surface area (TPSA) is 50.2 Å². The van der Waals surface area contributed by atoms with Crippen LogP contribution in [0.25, 0.3) is 0 Å². The van der Waals surface area contributed by atoms with Crippen LogP contribution in [0.5, 0.6) is 0 Å². The van der Waals surface area contributed by atoms with E-state index in [4.69, 9.17) is 11.6 Å². The highest BCUT2D eigenvalue weighted by molar-refractivity contribution is 6.33. The maximum absolute atomic E-state index is 12.3. The van der Waals surface area contributed by atoms with Gasteiger partial charge in [-0.3, -0.25) is 4.79 Å². The number of aromatic nitrogens is 2. The van der Waals surface area contributed by atoms with Gasteiger partial charge in [0.05, 0.1) is 11.9 Å². The molecule has 1 atom stereocenters. The third kappa shape index (κ3) is 3.15. The smallest absolute Gasteiger partial charge is 0.287 e. The lowest BCUT2D eigenvalue weighted by Crippen LogP contribution is -2.38. The van der Waals surface area contributed by atoms with Crippen molar-refractivity contribution in [1.82, 2.24) is 15.1 Å². The van der Waals surface area contributed by atoms with Crippen LogP contribution < -0.4 is 15.8 Å². The Kier molecular flexibility index (Phi) is 5.43. The molecule has 0 aromatic carbocycles. The Balaban J connectivity index is 2.27. The molecule has 1 fully saturated rings. The molecule has 0 radical (unpaired) electrons.